The van der Waals surface area contributed by atoms with E-state index in [0.717, 1.165) is 12.5 Å². The van der Waals surface area contributed by atoms with Crippen LogP contribution in [0.4, 0.5) is 0 Å². The fourth-order valence-corrected chi connectivity index (χ4v) is 4.78. The standard InChI is InChI=1S/C7H17NO5S2.C4H10O5S2.C3H8.Li/c1-3-7(9)8-15(12,13)6-4-5-14(2,10)11;1-10(5,6)3-2-4-11(7,8)9;1-3-2;/h7-9H,3-6H2,1-2H3;2-4H2,1H3,(H,7,8,9);3H2,1-2H3;/q;;;+1/p-1. The summed E-state index contributed by atoms with van der Waals surface area (Å²) in [5, 5.41) is 9.04. The van der Waals surface area contributed by atoms with Crippen LogP contribution in [0.3, 0.4) is 0 Å². The predicted molar refractivity (Wildman–Crippen MR) is 112 cm³/mol. The van der Waals surface area contributed by atoms with Crippen LogP contribution in [0.2, 0.25) is 0 Å². The average Bonchev–Trinajstić information content (AvgIpc) is 2.43. The molecule has 0 aromatic heterocycles. The summed E-state index contributed by atoms with van der Waals surface area (Å²) in [6.45, 7) is 5.88. The summed E-state index contributed by atoms with van der Waals surface area (Å²) in [6, 6.07) is 0. The minimum atomic E-state index is -4.26. The van der Waals surface area contributed by atoms with Crippen LogP contribution in [0, 0.1) is 0 Å². The van der Waals surface area contributed by atoms with Crippen LogP contribution in [0.1, 0.15) is 46.5 Å². The van der Waals surface area contributed by atoms with Crippen molar-refractivity contribution >= 4 is 39.8 Å². The third-order valence-electron chi connectivity index (χ3n) is 2.54. The molecule has 0 rings (SSSR count). The van der Waals surface area contributed by atoms with Gasteiger partial charge in [-0.2, -0.15) is 4.72 Å². The maximum absolute atomic E-state index is 11.2. The van der Waals surface area contributed by atoms with Crippen LogP contribution in [-0.2, 0) is 39.8 Å². The third-order valence-corrected chi connectivity index (χ3v) is 6.85. The monoisotopic (exact) mass is 511 g/mol. The fourth-order valence-electron chi connectivity index (χ4n) is 1.36. The summed E-state index contributed by atoms with van der Waals surface area (Å²) in [4.78, 5) is 0. The number of aliphatic hydroxyl groups excluding tert-OH is 1. The number of rotatable bonds is 11. The molecule has 0 aliphatic rings. The van der Waals surface area contributed by atoms with E-state index in [1.807, 2.05) is 4.72 Å². The zero-order valence-corrected chi connectivity index (χ0v) is 21.8. The minimum absolute atomic E-state index is 0. The van der Waals surface area contributed by atoms with E-state index in [4.69, 9.17) is 5.11 Å². The molecule has 0 fully saturated rings. The van der Waals surface area contributed by atoms with Crippen molar-refractivity contribution in [3.05, 3.63) is 0 Å². The first-order valence-corrected chi connectivity index (χ1v) is 16.1. The first kappa shape index (κ1) is 37.6. The van der Waals surface area contributed by atoms with Gasteiger partial charge in [0.25, 0.3) is 0 Å². The molecule has 0 aromatic rings. The molecule has 0 aromatic carbocycles. The summed E-state index contributed by atoms with van der Waals surface area (Å²) >= 11 is 0. The number of sulfone groups is 2. The molecule has 1 unspecified atom stereocenters. The molecular formula is C14H34LiNO10S4. The first-order chi connectivity index (χ1) is 12.8. The molecule has 180 valence electrons. The van der Waals surface area contributed by atoms with Crippen molar-refractivity contribution in [1.82, 2.24) is 4.72 Å². The molecule has 0 aliphatic carbocycles. The number of hydrogen-bond donors (Lipinski definition) is 2. The van der Waals surface area contributed by atoms with Crippen LogP contribution in [-0.4, -0.2) is 85.1 Å². The topological polar surface area (TPSA) is 192 Å². The van der Waals surface area contributed by atoms with Gasteiger partial charge in [-0.15, -0.1) is 0 Å². The van der Waals surface area contributed by atoms with Crippen molar-refractivity contribution in [2.75, 3.05) is 35.5 Å². The van der Waals surface area contributed by atoms with Gasteiger partial charge in [0, 0.05) is 18.3 Å². The largest absolute Gasteiger partial charge is 1.00 e. The van der Waals surface area contributed by atoms with Gasteiger partial charge < -0.3 is 9.66 Å². The third kappa shape index (κ3) is 38.8. The van der Waals surface area contributed by atoms with Crippen LogP contribution in [0.25, 0.3) is 0 Å². The average molecular weight is 512 g/mol. The molecule has 11 nitrogen and oxygen atoms in total. The van der Waals surface area contributed by atoms with Gasteiger partial charge in [-0.25, -0.2) is 33.7 Å². The van der Waals surface area contributed by atoms with Gasteiger partial charge in [0.05, 0.1) is 27.4 Å². The van der Waals surface area contributed by atoms with Gasteiger partial charge >= 0.3 is 18.9 Å². The Labute approximate surface area is 194 Å². The Balaban J connectivity index is -0.000000199. The maximum atomic E-state index is 11.2. The summed E-state index contributed by atoms with van der Waals surface area (Å²) in [5.74, 6) is -1.33. The smallest absolute Gasteiger partial charge is 0.748 e. The van der Waals surface area contributed by atoms with Gasteiger partial charge in [0.1, 0.15) is 25.9 Å². The van der Waals surface area contributed by atoms with E-state index >= 15 is 0 Å². The van der Waals surface area contributed by atoms with Crippen LogP contribution in [0.5, 0.6) is 0 Å². The van der Waals surface area contributed by atoms with E-state index in [0.29, 0.717) is 0 Å². The first-order valence-electron chi connectivity index (χ1n) is 8.75. The van der Waals surface area contributed by atoms with Gasteiger partial charge in [-0.05, 0) is 19.3 Å². The Morgan fingerprint density at radius 1 is 0.767 bits per heavy atom. The SMILES string of the molecule is CCC.CCC(O)NS(=O)(=O)CCCS(C)(=O)=O.CS(=O)(=O)CCCS(=O)(=O)[O-].[Li+]. The number of aliphatic hydroxyl groups is 1. The summed E-state index contributed by atoms with van der Waals surface area (Å²) in [7, 11) is -14.1. The molecule has 0 heterocycles. The van der Waals surface area contributed by atoms with Crippen molar-refractivity contribution in [2.24, 2.45) is 0 Å². The van der Waals surface area contributed by atoms with Crippen molar-refractivity contribution in [1.29, 1.82) is 0 Å². The van der Waals surface area contributed by atoms with Crippen LogP contribution >= 0.6 is 0 Å². The van der Waals surface area contributed by atoms with E-state index in [2.05, 4.69) is 13.8 Å². The van der Waals surface area contributed by atoms with Gasteiger partial charge in [0.15, 0.2) is 0 Å². The molecule has 1 atom stereocenters. The zero-order chi connectivity index (χ0) is 23.9. The van der Waals surface area contributed by atoms with E-state index in [9.17, 15) is 38.2 Å². The van der Waals surface area contributed by atoms with Crippen molar-refractivity contribution in [3.63, 3.8) is 0 Å². The Hall–Kier alpha value is 0.277. The van der Waals surface area contributed by atoms with Gasteiger partial charge in [-0.3, -0.25) is 0 Å². The maximum Gasteiger partial charge on any atom is 1.00 e. The Morgan fingerprint density at radius 2 is 1.10 bits per heavy atom. The molecule has 30 heavy (non-hydrogen) atoms. The van der Waals surface area contributed by atoms with Crippen LogP contribution in [0.15, 0.2) is 0 Å². The number of nitrogens with one attached hydrogen (secondary N) is 1. The van der Waals surface area contributed by atoms with E-state index in [1.165, 1.54) is 6.42 Å². The molecule has 2 N–H and O–H groups in total. The number of hydrogen-bond acceptors (Lipinski definition) is 10. The molecular weight excluding hydrogens is 477 g/mol. The number of sulfonamides is 1. The van der Waals surface area contributed by atoms with E-state index in [1.54, 1.807) is 6.92 Å². The van der Waals surface area contributed by atoms with Gasteiger partial charge in [-0.1, -0.05) is 27.2 Å². The minimum Gasteiger partial charge on any atom is -0.748 e. The van der Waals surface area contributed by atoms with E-state index < -0.39 is 51.8 Å². The summed E-state index contributed by atoms with van der Waals surface area (Å²) in [6.07, 6.45) is 2.37. The van der Waals surface area contributed by atoms with Crippen molar-refractivity contribution < 1.29 is 62.2 Å². The molecule has 0 saturated heterocycles. The molecule has 0 bridgehead atoms. The van der Waals surface area contributed by atoms with Gasteiger partial charge in [0.2, 0.25) is 10.0 Å². The van der Waals surface area contributed by atoms with Crippen LogP contribution < -0.4 is 23.6 Å². The second-order valence-corrected chi connectivity index (χ2v) is 14.2. The summed E-state index contributed by atoms with van der Waals surface area (Å²) in [5.41, 5.74) is 0. The predicted octanol–water partition coefficient (Wildman–Crippen LogP) is -3.54. The molecule has 0 saturated carbocycles. The Kier molecular flexibility index (Phi) is 22.3. The molecule has 0 amide bonds. The second kappa shape index (κ2) is 17.8. The molecule has 0 aliphatic heterocycles. The Morgan fingerprint density at radius 3 is 1.37 bits per heavy atom. The second-order valence-electron chi connectivity index (χ2n) is 6.30. The summed E-state index contributed by atoms with van der Waals surface area (Å²) < 4.78 is 96.7. The normalized spacial score (nSPS) is 13.0. The quantitative estimate of drug-likeness (QED) is 0.159. The van der Waals surface area contributed by atoms with Crippen molar-refractivity contribution in [2.45, 2.75) is 52.7 Å². The van der Waals surface area contributed by atoms with Crippen molar-refractivity contribution in [3.8, 4) is 0 Å². The Bertz CT molecular complexity index is 805. The fraction of sp³-hybridized carbons (Fsp3) is 1.00. The van der Waals surface area contributed by atoms with E-state index in [-0.39, 0.29) is 55.4 Å². The molecule has 16 heteroatoms. The molecule has 0 spiro atoms. The molecule has 0 radical (unpaired) electrons. The zero-order valence-electron chi connectivity index (χ0n) is 18.5.